The number of aryl methyl sites for hydroxylation is 1. The molecule has 2 aromatic carbocycles. The predicted octanol–water partition coefficient (Wildman–Crippen LogP) is 4.01. The Morgan fingerprint density at radius 1 is 1.10 bits per heavy atom. The van der Waals surface area contributed by atoms with Gasteiger partial charge in [-0.1, -0.05) is 17.7 Å². The topological polar surface area (TPSA) is 56.0 Å². The number of anilines is 1. The molecule has 0 unspecified atom stereocenters. The third kappa shape index (κ3) is 2.60. The van der Waals surface area contributed by atoms with E-state index in [-0.39, 0.29) is 5.78 Å². The van der Waals surface area contributed by atoms with Crippen LogP contribution < -0.4 is 5.73 Å². The second-order valence-electron chi connectivity index (χ2n) is 4.92. The van der Waals surface area contributed by atoms with Gasteiger partial charge < -0.3 is 5.73 Å². The SMILES string of the molecule is Cc1ccc2cc(C(=O)c3ccc(Cl)cc3N)ccc2n1. The molecule has 0 aliphatic heterocycles. The van der Waals surface area contributed by atoms with E-state index >= 15 is 0 Å². The Hall–Kier alpha value is -2.39. The highest BCUT2D eigenvalue weighted by Crippen LogP contribution is 2.23. The van der Waals surface area contributed by atoms with E-state index in [0.717, 1.165) is 16.6 Å². The standard InChI is InChI=1S/C17H13ClN2O/c1-10-2-3-11-8-12(4-7-16(11)20-10)17(21)14-6-5-13(18)9-15(14)19/h2-9H,19H2,1H3. The Morgan fingerprint density at radius 2 is 1.90 bits per heavy atom. The molecule has 2 N–H and O–H groups in total. The Labute approximate surface area is 127 Å². The van der Waals surface area contributed by atoms with Crippen molar-refractivity contribution >= 4 is 34.0 Å². The summed E-state index contributed by atoms with van der Waals surface area (Å²) in [5.74, 6) is -0.119. The van der Waals surface area contributed by atoms with E-state index in [4.69, 9.17) is 17.3 Å². The van der Waals surface area contributed by atoms with Crippen molar-refractivity contribution in [3.63, 3.8) is 0 Å². The molecule has 0 saturated carbocycles. The fraction of sp³-hybridized carbons (Fsp3) is 0.0588. The number of hydrogen-bond acceptors (Lipinski definition) is 3. The molecule has 104 valence electrons. The summed E-state index contributed by atoms with van der Waals surface area (Å²) < 4.78 is 0. The molecule has 1 aromatic heterocycles. The summed E-state index contributed by atoms with van der Waals surface area (Å²) in [6.45, 7) is 1.94. The molecule has 0 amide bonds. The fourth-order valence-corrected chi connectivity index (χ4v) is 2.45. The van der Waals surface area contributed by atoms with Crippen molar-refractivity contribution in [3.8, 4) is 0 Å². The number of pyridine rings is 1. The van der Waals surface area contributed by atoms with Crippen molar-refractivity contribution in [3.05, 3.63) is 70.4 Å². The van der Waals surface area contributed by atoms with Gasteiger partial charge in [-0.15, -0.1) is 0 Å². The number of nitrogen functional groups attached to an aromatic ring is 1. The molecule has 3 aromatic rings. The summed E-state index contributed by atoms with van der Waals surface area (Å²) in [6.07, 6.45) is 0. The van der Waals surface area contributed by atoms with Crippen LogP contribution in [0.1, 0.15) is 21.6 Å². The van der Waals surface area contributed by atoms with Crippen molar-refractivity contribution in [1.29, 1.82) is 0 Å². The first-order valence-electron chi connectivity index (χ1n) is 6.52. The van der Waals surface area contributed by atoms with Crippen LogP contribution in [-0.2, 0) is 0 Å². The van der Waals surface area contributed by atoms with Crippen molar-refractivity contribution in [1.82, 2.24) is 4.98 Å². The third-order valence-corrected chi connectivity index (χ3v) is 3.58. The lowest BCUT2D eigenvalue weighted by molar-refractivity contribution is 0.103. The number of nitrogens with zero attached hydrogens (tertiary/aromatic N) is 1. The minimum absolute atomic E-state index is 0.119. The molecule has 4 heteroatoms. The van der Waals surface area contributed by atoms with E-state index < -0.39 is 0 Å². The highest BCUT2D eigenvalue weighted by molar-refractivity contribution is 6.31. The maximum absolute atomic E-state index is 12.5. The van der Waals surface area contributed by atoms with Crippen LogP contribution in [-0.4, -0.2) is 10.8 Å². The molecule has 0 spiro atoms. The van der Waals surface area contributed by atoms with Crippen LogP contribution in [0.3, 0.4) is 0 Å². The smallest absolute Gasteiger partial charge is 0.195 e. The normalized spacial score (nSPS) is 10.8. The number of carbonyl (C=O) groups excluding carboxylic acids is 1. The zero-order valence-corrected chi connectivity index (χ0v) is 12.2. The number of hydrogen-bond donors (Lipinski definition) is 1. The molecule has 0 radical (unpaired) electrons. The maximum Gasteiger partial charge on any atom is 0.195 e. The molecule has 0 bridgehead atoms. The quantitative estimate of drug-likeness (QED) is 0.574. The summed E-state index contributed by atoms with van der Waals surface area (Å²) in [5, 5.41) is 1.45. The number of benzene rings is 2. The van der Waals surface area contributed by atoms with Crippen molar-refractivity contribution in [2.75, 3.05) is 5.73 Å². The summed E-state index contributed by atoms with van der Waals surface area (Å²) >= 11 is 5.86. The summed E-state index contributed by atoms with van der Waals surface area (Å²) in [6, 6.07) is 14.2. The number of halogens is 1. The lowest BCUT2D eigenvalue weighted by Crippen LogP contribution is -2.05. The molecular weight excluding hydrogens is 284 g/mol. The van der Waals surface area contributed by atoms with Crippen molar-refractivity contribution in [2.45, 2.75) is 6.92 Å². The average Bonchev–Trinajstić information content (AvgIpc) is 2.46. The second kappa shape index (κ2) is 5.19. The lowest BCUT2D eigenvalue weighted by atomic mass is 10.00. The van der Waals surface area contributed by atoms with Gasteiger partial charge in [-0.25, -0.2) is 0 Å². The van der Waals surface area contributed by atoms with Gasteiger partial charge in [-0.3, -0.25) is 9.78 Å². The van der Waals surface area contributed by atoms with Gasteiger partial charge in [-0.05, 0) is 49.4 Å². The zero-order chi connectivity index (χ0) is 15.0. The highest BCUT2D eigenvalue weighted by atomic mass is 35.5. The van der Waals surface area contributed by atoms with Gasteiger partial charge in [0.15, 0.2) is 5.78 Å². The van der Waals surface area contributed by atoms with Crippen LogP contribution in [0.5, 0.6) is 0 Å². The Morgan fingerprint density at radius 3 is 2.67 bits per heavy atom. The monoisotopic (exact) mass is 296 g/mol. The Kier molecular flexibility index (Phi) is 3.35. The number of aromatic nitrogens is 1. The highest BCUT2D eigenvalue weighted by Gasteiger charge is 2.13. The van der Waals surface area contributed by atoms with Gasteiger partial charge in [0.1, 0.15) is 0 Å². The van der Waals surface area contributed by atoms with Gasteiger partial charge in [0, 0.05) is 32.9 Å². The Balaban J connectivity index is 2.07. The molecule has 0 atom stereocenters. The van der Waals surface area contributed by atoms with Gasteiger partial charge in [0.05, 0.1) is 5.52 Å². The first kappa shape index (κ1) is 13.6. The first-order chi connectivity index (χ1) is 10.0. The van der Waals surface area contributed by atoms with Crippen LogP contribution in [0.25, 0.3) is 10.9 Å². The number of fused-ring (bicyclic) bond motifs is 1. The minimum atomic E-state index is -0.119. The van der Waals surface area contributed by atoms with Crippen molar-refractivity contribution < 1.29 is 4.79 Å². The third-order valence-electron chi connectivity index (χ3n) is 3.35. The van der Waals surface area contributed by atoms with E-state index in [1.807, 2.05) is 31.2 Å². The molecular formula is C17H13ClN2O. The molecule has 1 heterocycles. The molecule has 0 aliphatic rings. The molecule has 0 aliphatic carbocycles. The lowest BCUT2D eigenvalue weighted by Gasteiger charge is -2.07. The largest absolute Gasteiger partial charge is 0.398 e. The molecule has 3 rings (SSSR count). The maximum atomic E-state index is 12.5. The first-order valence-corrected chi connectivity index (χ1v) is 6.89. The van der Waals surface area contributed by atoms with E-state index in [1.165, 1.54) is 0 Å². The summed E-state index contributed by atoms with van der Waals surface area (Å²) in [4.78, 5) is 17.0. The molecule has 21 heavy (non-hydrogen) atoms. The zero-order valence-electron chi connectivity index (χ0n) is 11.4. The number of nitrogens with two attached hydrogens (primary N) is 1. The second-order valence-corrected chi connectivity index (χ2v) is 5.36. The van der Waals surface area contributed by atoms with Crippen molar-refractivity contribution in [2.24, 2.45) is 0 Å². The number of ketones is 1. The van der Waals surface area contributed by atoms with Gasteiger partial charge in [0.2, 0.25) is 0 Å². The van der Waals surface area contributed by atoms with Gasteiger partial charge in [0.25, 0.3) is 0 Å². The summed E-state index contributed by atoms with van der Waals surface area (Å²) in [5.41, 5.74) is 9.12. The van der Waals surface area contributed by atoms with Crippen LogP contribution in [0.2, 0.25) is 5.02 Å². The predicted molar refractivity (Wildman–Crippen MR) is 85.8 cm³/mol. The van der Waals surface area contributed by atoms with Crippen LogP contribution in [0.4, 0.5) is 5.69 Å². The van der Waals surface area contributed by atoms with E-state index in [9.17, 15) is 4.79 Å². The van der Waals surface area contributed by atoms with Gasteiger partial charge in [-0.2, -0.15) is 0 Å². The number of carbonyl (C=O) groups is 1. The molecule has 0 saturated heterocycles. The van der Waals surface area contributed by atoms with Crippen LogP contribution in [0.15, 0.2) is 48.5 Å². The van der Waals surface area contributed by atoms with Crippen LogP contribution in [0, 0.1) is 6.92 Å². The fourth-order valence-electron chi connectivity index (χ4n) is 2.26. The Bertz CT molecular complexity index is 859. The average molecular weight is 297 g/mol. The van der Waals surface area contributed by atoms with E-state index in [0.29, 0.717) is 21.8 Å². The summed E-state index contributed by atoms with van der Waals surface area (Å²) in [7, 11) is 0. The van der Waals surface area contributed by atoms with E-state index in [2.05, 4.69) is 4.98 Å². The number of rotatable bonds is 2. The van der Waals surface area contributed by atoms with Gasteiger partial charge >= 0.3 is 0 Å². The molecule has 0 fully saturated rings. The molecule has 3 nitrogen and oxygen atoms in total. The van der Waals surface area contributed by atoms with Crippen LogP contribution >= 0.6 is 11.6 Å². The van der Waals surface area contributed by atoms with E-state index in [1.54, 1.807) is 24.3 Å². The minimum Gasteiger partial charge on any atom is -0.398 e.